The fourth-order valence-electron chi connectivity index (χ4n) is 5.15. The summed E-state index contributed by atoms with van der Waals surface area (Å²) in [7, 11) is 0. The lowest BCUT2D eigenvalue weighted by Crippen LogP contribution is -2.14. The number of carbonyl (C=O) groups is 1. The van der Waals surface area contributed by atoms with Crippen molar-refractivity contribution >= 4 is 5.97 Å². The molecule has 44 heavy (non-hydrogen) atoms. The summed E-state index contributed by atoms with van der Waals surface area (Å²) >= 11 is 0. The minimum Gasteiger partial charge on any atom is -0.507 e. The third-order valence-electron chi connectivity index (χ3n) is 7.44. The summed E-state index contributed by atoms with van der Waals surface area (Å²) in [6.45, 7) is 14.8. The summed E-state index contributed by atoms with van der Waals surface area (Å²) < 4.78 is 10.4. The monoisotopic (exact) mass is 597 g/mol. The second-order valence-electron chi connectivity index (χ2n) is 12.3. The number of hydrogen-bond acceptors (Lipinski definition) is 8. The zero-order valence-electron chi connectivity index (χ0n) is 26.8. The van der Waals surface area contributed by atoms with Crippen molar-refractivity contribution in [1.82, 2.24) is 15.0 Å². The van der Waals surface area contributed by atoms with Gasteiger partial charge in [-0.2, -0.15) is 0 Å². The number of phenolic OH excluding ortho intramolecular Hbond substituents is 1. The number of aromatic hydroxyl groups is 1. The highest BCUT2D eigenvalue weighted by Gasteiger charge is 2.25. The molecule has 0 radical (unpaired) electrons. The molecule has 0 aliphatic heterocycles. The van der Waals surface area contributed by atoms with Crippen LogP contribution in [0.25, 0.3) is 34.2 Å². The van der Waals surface area contributed by atoms with Gasteiger partial charge in [-0.15, -0.1) is 0 Å². The molecule has 1 aromatic heterocycles. The lowest BCUT2D eigenvalue weighted by molar-refractivity contribution is -0.145. The molecule has 8 nitrogen and oxygen atoms in total. The molecule has 0 fully saturated rings. The zero-order chi connectivity index (χ0) is 32.0. The van der Waals surface area contributed by atoms with E-state index in [0.29, 0.717) is 29.5 Å². The predicted octanol–water partition coefficient (Wildman–Crippen LogP) is 6.59. The first kappa shape index (κ1) is 32.8. The van der Waals surface area contributed by atoms with Crippen LogP contribution in [-0.2, 0) is 26.1 Å². The summed E-state index contributed by atoms with van der Waals surface area (Å²) in [6.07, 6.45) is 0.568. The van der Waals surface area contributed by atoms with Crippen LogP contribution >= 0.6 is 0 Å². The van der Waals surface area contributed by atoms with Crippen molar-refractivity contribution in [3.8, 4) is 39.9 Å². The van der Waals surface area contributed by atoms with Crippen molar-refractivity contribution in [2.45, 2.75) is 66.7 Å². The topological polar surface area (TPSA) is 115 Å². The highest BCUT2D eigenvalue weighted by molar-refractivity contribution is 5.74. The molecule has 4 rings (SSSR count). The molecule has 4 aromatic rings. The molecule has 3 aromatic carbocycles. The standard InChI is InChI=1S/C36H43N3O5/c1-22-8-11-27(24(3)18-22)33-37-34(28-12-9-23(2)19-25(28)4)39-35(38-33)29-20-26(21-30(32(29)42)36(5,6)7)10-13-31(41)44-17-16-43-15-14-40/h8-9,11-12,18-21,40,42H,10,13-17H2,1-7H3. The molecule has 0 spiro atoms. The maximum Gasteiger partial charge on any atom is 0.306 e. The van der Waals surface area contributed by atoms with E-state index < -0.39 is 0 Å². The molecule has 0 saturated heterocycles. The van der Waals surface area contributed by atoms with Crippen LogP contribution in [0, 0.1) is 27.7 Å². The summed E-state index contributed by atoms with van der Waals surface area (Å²) in [5.74, 6) is 1.17. The van der Waals surface area contributed by atoms with Gasteiger partial charge in [-0.1, -0.05) is 74.4 Å². The van der Waals surface area contributed by atoms with Crippen molar-refractivity contribution in [3.05, 3.63) is 81.9 Å². The van der Waals surface area contributed by atoms with Gasteiger partial charge in [0.2, 0.25) is 0 Å². The van der Waals surface area contributed by atoms with Crippen LogP contribution in [0.15, 0.2) is 48.5 Å². The van der Waals surface area contributed by atoms with E-state index in [1.165, 1.54) is 0 Å². The molecule has 8 heteroatoms. The van der Waals surface area contributed by atoms with E-state index in [0.717, 1.165) is 44.5 Å². The van der Waals surface area contributed by atoms with E-state index in [-0.39, 0.29) is 50.0 Å². The summed E-state index contributed by atoms with van der Waals surface area (Å²) in [5, 5.41) is 20.5. The second-order valence-corrected chi connectivity index (χ2v) is 12.3. The number of esters is 1. The van der Waals surface area contributed by atoms with Gasteiger partial charge in [0.05, 0.1) is 25.4 Å². The van der Waals surface area contributed by atoms with Crippen LogP contribution in [0.3, 0.4) is 0 Å². The third kappa shape index (κ3) is 8.07. The first-order chi connectivity index (χ1) is 20.9. The van der Waals surface area contributed by atoms with Gasteiger partial charge in [0.25, 0.3) is 0 Å². The van der Waals surface area contributed by atoms with Gasteiger partial charge in [-0.3, -0.25) is 4.79 Å². The Hall–Kier alpha value is -4.14. The number of phenols is 1. The largest absolute Gasteiger partial charge is 0.507 e. The van der Waals surface area contributed by atoms with Crippen molar-refractivity contribution in [3.63, 3.8) is 0 Å². The summed E-state index contributed by atoms with van der Waals surface area (Å²) in [5.41, 5.74) is 7.85. The maximum absolute atomic E-state index is 12.5. The van der Waals surface area contributed by atoms with Crippen LogP contribution in [-0.4, -0.2) is 57.6 Å². The van der Waals surface area contributed by atoms with Gasteiger partial charge in [0, 0.05) is 23.1 Å². The van der Waals surface area contributed by atoms with Crippen LogP contribution in [0.2, 0.25) is 0 Å². The number of nitrogens with zero attached hydrogens (tertiary/aromatic N) is 3. The molecular weight excluding hydrogens is 554 g/mol. The Morgan fingerprint density at radius 2 is 1.30 bits per heavy atom. The molecule has 0 amide bonds. The Balaban J connectivity index is 1.81. The number of aromatic nitrogens is 3. The Bertz CT molecular complexity index is 1570. The zero-order valence-corrected chi connectivity index (χ0v) is 26.8. The average Bonchev–Trinajstić information content (AvgIpc) is 2.95. The average molecular weight is 598 g/mol. The van der Waals surface area contributed by atoms with E-state index in [4.69, 9.17) is 29.5 Å². The third-order valence-corrected chi connectivity index (χ3v) is 7.44. The number of benzene rings is 3. The van der Waals surface area contributed by atoms with Crippen molar-refractivity contribution in [1.29, 1.82) is 0 Å². The van der Waals surface area contributed by atoms with E-state index >= 15 is 0 Å². The van der Waals surface area contributed by atoms with Gasteiger partial charge in [0.15, 0.2) is 17.5 Å². The van der Waals surface area contributed by atoms with Crippen molar-refractivity contribution < 1.29 is 24.5 Å². The number of aliphatic hydroxyl groups excluding tert-OH is 1. The van der Waals surface area contributed by atoms with Crippen molar-refractivity contribution in [2.75, 3.05) is 26.4 Å². The SMILES string of the molecule is Cc1ccc(-c2nc(-c3ccc(C)cc3C)nc(-c3cc(CCC(=O)OCCOCCO)cc(C(C)(C)C)c3O)n2)c(C)c1. The quantitative estimate of drug-likeness (QED) is 0.147. The Kier molecular flexibility index (Phi) is 10.5. The Morgan fingerprint density at radius 1 is 0.750 bits per heavy atom. The first-order valence-electron chi connectivity index (χ1n) is 15.0. The molecule has 0 aliphatic rings. The van der Waals surface area contributed by atoms with Gasteiger partial charge in [0.1, 0.15) is 12.4 Å². The highest BCUT2D eigenvalue weighted by Crippen LogP contribution is 2.40. The minimum absolute atomic E-state index is 0.0767. The number of ether oxygens (including phenoxy) is 2. The van der Waals surface area contributed by atoms with Crippen molar-refractivity contribution in [2.24, 2.45) is 0 Å². The number of hydrogen-bond donors (Lipinski definition) is 2. The molecule has 0 unspecified atom stereocenters. The minimum atomic E-state index is -0.390. The summed E-state index contributed by atoms with van der Waals surface area (Å²) in [6, 6.07) is 16.1. The molecule has 232 valence electrons. The lowest BCUT2D eigenvalue weighted by Gasteiger charge is -2.23. The Morgan fingerprint density at radius 3 is 1.80 bits per heavy atom. The first-order valence-corrected chi connectivity index (χ1v) is 15.0. The van der Waals surface area contributed by atoms with Crippen LogP contribution in [0.4, 0.5) is 0 Å². The predicted molar refractivity (Wildman–Crippen MR) is 173 cm³/mol. The normalized spacial score (nSPS) is 11.5. The number of rotatable bonds is 11. The highest BCUT2D eigenvalue weighted by atomic mass is 16.6. The molecular formula is C36H43N3O5. The van der Waals surface area contributed by atoms with E-state index in [1.807, 2.05) is 71.0 Å². The smallest absolute Gasteiger partial charge is 0.306 e. The van der Waals surface area contributed by atoms with Crippen LogP contribution < -0.4 is 0 Å². The number of carbonyl (C=O) groups excluding carboxylic acids is 1. The van der Waals surface area contributed by atoms with Gasteiger partial charge >= 0.3 is 5.97 Å². The fourth-order valence-corrected chi connectivity index (χ4v) is 5.15. The molecule has 0 saturated carbocycles. The van der Waals surface area contributed by atoms with Gasteiger partial charge < -0.3 is 19.7 Å². The molecule has 0 atom stereocenters. The number of aryl methyl sites for hydroxylation is 5. The fraction of sp³-hybridized carbons (Fsp3) is 0.389. The van der Waals surface area contributed by atoms with E-state index in [2.05, 4.69) is 26.0 Å². The van der Waals surface area contributed by atoms with E-state index in [1.54, 1.807) is 0 Å². The Labute approximate surface area is 260 Å². The lowest BCUT2D eigenvalue weighted by atomic mass is 9.83. The van der Waals surface area contributed by atoms with Gasteiger partial charge in [-0.25, -0.2) is 15.0 Å². The molecule has 0 bridgehead atoms. The van der Waals surface area contributed by atoms with Crippen LogP contribution in [0.5, 0.6) is 5.75 Å². The van der Waals surface area contributed by atoms with E-state index in [9.17, 15) is 9.90 Å². The molecule has 0 aliphatic carbocycles. The number of aliphatic hydroxyl groups is 1. The van der Waals surface area contributed by atoms with Crippen LogP contribution in [0.1, 0.15) is 60.6 Å². The molecule has 2 N–H and O–H groups in total. The maximum atomic E-state index is 12.5. The summed E-state index contributed by atoms with van der Waals surface area (Å²) in [4.78, 5) is 27.2. The van der Waals surface area contributed by atoms with Gasteiger partial charge in [-0.05, 0) is 62.3 Å². The second kappa shape index (κ2) is 14.1. The molecule has 1 heterocycles.